The van der Waals surface area contributed by atoms with Gasteiger partial charge in [0, 0.05) is 0 Å². The minimum absolute atomic E-state index is 0.456. The molecule has 1 aliphatic heterocycles. The molecule has 0 bridgehead atoms. The number of aliphatic hydroxyl groups is 1. The van der Waals surface area contributed by atoms with Crippen LogP contribution in [0.4, 0.5) is 0 Å². The molecule has 0 spiro atoms. The van der Waals surface area contributed by atoms with Gasteiger partial charge in [-0.3, -0.25) is 0 Å². The lowest BCUT2D eigenvalue weighted by molar-refractivity contribution is 0.0542. The monoisotopic (exact) mass is 174 g/mol. The topological polar surface area (TPSA) is 20.2 Å². The zero-order valence-electron chi connectivity index (χ0n) is 7.47. The quantitative estimate of drug-likeness (QED) is 0.693. The Morgan fingerprint density at radius 3 is 2.73 bits per heavy atom. The van der Waals surface area contributed by atoms with Crippen LogP contribution in [0.1, 0.15) is 33.1 Å². The highest BCUT2D eigenvalue weighted by Gasteiger charge is 2.21. The van der Waals surface area contributed by atoms with Crippen LogP contribution < -0.4 is 0 Å². The highest BCUT2D eigenvalue weighted by atomic mass is 32.2. The molecule has 0 amide bonds. The summed E-state index contributed by atoms with van der Waals surface area (Å²) in [6.45, 7) is 3.82. The molecule has 0 saturated carbocycles. The van der Waals surface area contributed by atoms with Crippen molar-refractivity contribution in [3.63, 3.8) is 0 Å². The normalized spacial score (nSPS) is 27.0. The van der Waals surface area contributed by atoms with Crippen LogP contribution in [0.3, 0.4) is 0 Å². The van der Waals surface area contributed by atoms with E-state index < -0.39 is 5.60 Å². The molecule has 0 aromatic carbocycles. The van der Waals surface area contributed by atoms with Gasteiger partial charge in [0.15, 0.2) is 0 Å². The Hall–Kier alpha value is 0.310. The van der Waals surface area contributed by atoms with E-state index in [-0.39, 0.29) is 0 Å². The summed E-state index contributed by atoms with van der Waals surface area (Å²) < 4.78 is 0. The standard InChI is InChI=1S/C9H18OS/c1-9(2,10)6-8-4-3-5-11-7-8/h8,10H,3-7H2,1-2H3. The van der Waals surface area contributed by atoms with E-state index in [9.17, 15) is 5.11 Å². The molecule has 1 N–H and O–H groups in total. The zero-order valence-corrected chi connectivity index (χ0v) is 8.28. The van der Waals surface area contributed by atoms with Crippen LogP contribution in [0.2, 0.25) is 0 Å². The SMILES string of the molecule is CC(C)(O)CC1CCCSC1. The van der Waals surface area contributed by atoms with E-state index in [1.54, 1.807) is 0 Å². The van der Waals surface area contributed by atoms with Gasteiger partial charge in [0.25, 0.3) is 0 Å². The largest absolute Gasteiger partial charge is 0.390 e. The van der Waals surface area contributed by atoms with Gasteiger partial charge in [-0.25, -0.2) is 0 Å². The summed E-state index contributed by atoms with van der Waals surface area (Å²) in [7, 11) is 0. The first-order valence-electron chi connectivity index (χ1n) is 4.38. The van der Waals surface area contributed by atoms with Crippen LogP contribution in [-0.4, -0.2) is 22.2 Å². The fraction of sp³-hybridized carbons (Fsp3) is 1.00. The van der Waals surface area contributed by atoms with Crippen LogP contribution in [-0.2, 0) is 0 Å². The van der Waals surface area contributed by atoms with Crippen molar-refractivity contribution < 1.29 is 5.11 Å². The summed E-state index contributed by atoms with van der Waals surface area (Å²) in [5.74, 6) is 3.33. The second kappa shape index (κ2) is 3.81. The van der Waals surface area contributed by atoms with Crippen LogP contribution in [0.15, 0.2) is 0 Å². The van der Waals surface area contributed by atoms with Gasteiger partial charge in [0.05, 0.1) is 5.60 Å². The van der Waals surface area contributed by atoms with Gasteiger partial charge in [-0.1, -0.05) is 0 Å². The van der Waals surface area contributed by atoms with Crippen molar-refractivity contribution in [2.24, 2.45) is 5.92 Å². The second-order valence-electron chi connectivity index (χ2n) is 4.10. The maximum absolute atomic E-state index is 9.56. The molecule has 2 heteroatoms. The van der Waals surface area contributed by atoms with Crippen molar-refractivity contribution in [1.29, 1.82) is 0 Å². The predicted octanol–water partition coefficient (Wildman–Crippen LogP) is 2.29. The van der Waals surface area contributed by atoms with E-state index in [4.69, 9.17) is 0 Å². The van der Waals surface area contributed by atoms with E-state index in [0.29, 0.717) is 0 Å². The van der Waals surface area contributed by atoms with Crippen molar-refractivity contribution in [2.45, 2.75) is 38.7 Å². The summed E-state index contributed by atoms with van der Waals surface area (Å²) in [5.41, 5.74) is -0.456. The second-order valence-corrected chi connectivity index (χ2v) is 5.25. The molecule has 0 aliphatic carbocycles. The van der Waals surface area contributed by atoms with Gasteiger partial charge in [-0.15, -0.1) is 0 Å². The third-order valence-corrected chi connectivity index (χ3v) is 3.33. The molecule has 1 fully saturated rings. The van der Waals surface area contributed by atoms with Crippen LogP contribution in [0.5, 0.6) is 0 Å². The average molecular weight is 174 g/mol. The highest BCUT2D eigenvalue weighted by molar-refractivity contribution is 7.99. The lowest BCUT2D eigenvalue weighted by Gasteiger charge is -2.27. The fourth-order valence-electron chi connectivity index (χ4n) is 1.67. The summed E-state index contributed by atoms with van der Waals surface area (Å²) in [4.78, 5) is 0. The van der Waals surface area contributed by atoms with Gasteiger partial charge in [0.2, 0.25) is 0 Å². The minimum Gasteiger partial charge on any atom is -0.390 e. The van der Waals surface area contributed by atoms with E-state index in [0.717, 1.165) is 12.3 Å². The lowest BCUT2D eigenvalue weighted by Crippen LogP contribution is -2.25. The summed E-state index contributed by atoms with van der Waals surface area (Å²) in [6, 6.07) is 0. The molecular formula is C9H18OS. The zero-order chi connectivity index (χ0) is 8.32. The van der Waals surface area contributed by atoms with Crippen molar-refractivity contribution in [3.05, 3.63) is 0 Å². The molecule has 11 heavy (non-hydrogen) atoms. The average Bonchev–Trinajstić information content (AvgIpc) is 1.85. The molecule has 0 radical (unpaired) electrons. The Labute approximate surface area is 73.6 Å². The third kappa shape index (κ3) is 4.02. The molecule has 1 unspecified atom stereocenters. The first kappa shape index (κ1) is 9.40. The van der Waals surface area contributed by atoms with Gasteiger partial charge >= 0.3 is 0 Å². The molecule has 1 rings (SSSR count). The molecular weight excluding hydrogens is 156 g/mol. The maximum Gasteiger partial charge on any atom is 0.0594 e. The number of thioether (sulfide) groups is 1. The Bertz CT molecular complexity index is 111. The molecule has 1 heterocycles. The van der Waals surface area contributed by atoms with E-state index in [1.807, 2.05) is 25.6 Å². The van der Waals surface area contributed by atoms with Gasteiger partial charge in [-0.05, 0) is 50.5 Å². The fourth-order valence-corrected chi connectivity index (χ4v) is 2.83. The number of rotatable bonds is 2. The molecule has 1 saturated heterocycles. The molecule has 0 aromatic rings. The number of hydrogen-bond acceptors (Lipinski definition) is 2. The first-order chi connectivity index (χ1) is 5.08. The predicted molar refractivity (Wildman–Crippen MR) is 51.0 cm³/mol. The maximum atomic E-state index is 9.56. The molecule has 1 aliphatic rings. The van der Waals surface area contributed by atoms with Crippen LogP contribution in [0, 0.1) is 5.92 Å². The van der Waals surface area contributed by atoms with Crippen molar-refractivity contribution in [2.75, 3.05) is 11.5 Å². The summed E-state index contributed by atoms with van der Waals surface area (Å²) in [6.07, 6.45) is 3.63. The smallest absolute Gasteiger partial charge is 0.0594 e. The van der Waals surface area contributed by atoms with Crippen molar-refractivity contribution >= 4 is 11.8 Å². The lowest BCUT2D eigenvalue weighted by atomic mass is 9.91. The summed E-state index contributed by atoms with van der Waals surface area (Å²) >= 11 is 2.03. The van der Waals surface area contributed by atoms with Crippen molar-refractivity contribution in [1.82, 2.24) is 0 Å². The molecule has 0 aromatic heterocycles. The minimum atomic E-state index is -0.456. The Morgan fingerprint density at radius 2 is 2.27 bits per heavy atom. The van der Waals surface area contributed by atoms with Gasteiger partial charge in [-0.2, -0.15) is 11.8 Å². The molecule has 1 nitrogen and oxygen atoms in total. The van der Waals surface area contributed by atoms with E-state index in [2.05, 4.69) is 0 Å². The van der Waals surface area contributed by atoms with Crippen molar-refractivity contribution in [3.8, 4) is 0 Å². The van der Waals surface area contributed by atoms with Crippen LogP contribution >= 0.6 is 11.8 Å². The first-order valence-corrected chi connectivity index (χ1v) is 5.53. The Balaban J connectivity index is 2.24. The Kier molecular flexibility index (Phi) is 3.26. The summed E-state index contributed by atoms with van der Waals surface area (Å²) in [5, 5.41) is 9.56. The van der Waals surface area contributed by atoms with E-state index >= 15 is 0 Å². The Morgan fingerprint density at radius 1 is 1.55 bits per heavy atom. The molecule has 1 atom stereocenters. The molecule has 66 valence electrons. The van der Waals surface area contributed by atoms with Gasteiger partial charge in [0.1, 0.15) is 0 Å². The van der Waals surface area contributed by atoms with E-state index in [1.165, 1.54) is 24.3 Å². The van der Waals surface area contributed by atoms with Crippen LogP contribution in [0.25, 0.3) is 0 Å². The number of hydrogen-bond donors (Lipinski definition) is 1. The highest BCUT2D eigenvalue weighted by Crippen LogP contribution is 2.28. The third-order valence-electron chi connectivity index (χ3n) is 2.04. The van der Waals surface area contributed by atoms with Gasteiger partial charge < -0.3 is 5.11 Å².